The summed E-state index contributed by atoms with van der Waals surface area (Å²) in [6.45, 7) is 0. The molecule has 0 aromatic heterocycles. The molecule has 1 N–H and O–H groups in total. The van der Waals surface area contributed by atoms with Crippen LogP contribution in [0.2, 0.25) is 0 Å². The Kier molecular flexibility index (Phi) is 1.72. The van der Waals surface area contributed by atoms with Crippen LogP contribution in [0.15, 0.2) is 12.2 Å². The van der Waals surface area contributed by atoms with Crippen LogP contribution < -0.4 is 0 Å². The molecule has 0 heterocycles. The Hall–Kier alpha value is -1.00. The molecule has 1 saturated carbocycles. The van der Waals surface area contributed by atoms with Gasteiger partial charge in [-0.05, 0) is 18.8 Å². The molecule has 2 bridgehead atoms. The standard InChI is InChI=1S/C9H9F3O2/c10-9(11,12)8(7(13)14)4-5-1-2-6(8)3-5/h1-2,5-6H,3-4H2,(H,13,14)/t5-,6?,8?/m0/s1. The van der Waals surface area contributed by atoms with Crippen LogP contribution >= 0.6 is 0 Å². The summed E-state index contributed by atoms with van der Waals surface area (Å²) in [5.74, 6) is -2.82. The SMILES string of the molecule is O=C(O)C1(C(F)(F)F)C[C@H]2C=CC1C2. The molecule has 3 atom stereocenters. The van der Waals surface area contributed by atoms with E-state index in [9.17, 15) is 18.0 Å². The van der Waals surface area contributed by atoms with Gasteiger partial charge in [-0.15, -0.1) is 0 Å². The highest BCUT2D eigenvalue weighted by molar-refractivity contribution is 5.77. The second-order valence-corrected chi connectivity index (χ2v) is 3.97. The highest BCUT2D eigenvalue weighted by atomic mass is 19.4. The highest BCUT2D eigenvalue weighted by Crippen LogP contribution is 2.59. The van der Waals surface area contributed by atoms with Gasteiger partial charge < -0.3 is 5.11 Å². The lowest BCUT2D eigenvalue weighted by atomic mass is 9.75. The van der Waals surface area contributed by atoms with Crippen LogP contribution in [0.3, 0.4) is 0 Å². The Balaban J connectivity index is 2.44. The van der Waals surface area contributed by atoms with Crippen molar-refractivity contribution < 1.29 is 23.1 Å². The topological polar surface area (TPSA) is 37.3 Å². The molecule has 0 aromatic rings. The van der Waals surface area contributed by atoms with Crippen molar-refractivity contribution in [2.24, 2.45) is 17.3 Å². The van der Waals surface area contributed by atoms with E-state index >= 15 is 0 Å². The van der Waals surface area contributed by atoms with Crippen LogP contribution in [0.1, 0.15) is 12.8 Å². The fourth-order valence-electron chi connectivity index (χ4n) is 2.55. The maximum Gasteiger partial charge on any atom is 0.405 e. The predicted octanol–water partition coefficient (Wildman–Crippen LogP) is 2.22. The molecule has 0 radical (unpaired) electrons. The van der Waals surface area contributed by atoms with Crippen LogP contribution in [0.25, 0.3) is 0 Å². The van der Waals surface area contributed by atoms with Crippen LogP contribution in [-0.4, -0.2) is 17.3 Å². The van der Waals surface area contributed by atoms with Crippen molar-refractivity contribution in [1.82, 2.24) is 0 Å². The minimum Gasteiger partial charge on any atom is -0.481 e. The van der Waals surface area contributed by atoms with E-state index in [1.807, 2.05) is 0 Å². The fraction of sp³-hybridized carbons (Fsp3) is 0.667. The lowest BCUT2D eigenvalue weighted by molar-refractivity contribution is -0.238. The molecule has 0 aromatic carbocycles. The van der Waals surface area contributed by atoms with Gasteiger partial charge in [-0.2, -0.15) is 13.2 Å². The maximum atomic E-state index is 12.7. The smallest absolute Gasteiger partial charge is 0.405 e. The lowest BCUT2D eigenvalue weighted by Gasteiger charge is -2.32. The fourth-order valence-corrected chi connectivity index (χ4v) is 2.55. The molecule has 2 unspecified atom stereocenters. The van der Waals surface area contributed by atoms with E-state index in [1.54, 1.807) is 6.08 Å². The van der Waals surface area contributed by atoms with Crippen LogP contribution in [0.5, 0.6) is 0 Å². The number of carboxylic acid groups (broad SMARTS) is 1. The number of alkyl halides is 3. The minimum atomic E-state index is -4.65. The zero-order chi connectivity index (χ0) is 10.6. The third-order valence-corrected chi connectivity index (χ3v) is 3.28. The molecule has 0 spiro atoms. The van der Waals surface area contributed by atoms with Gasteiger partial charge in [0, 0.05) is 5.92 Å². The Labute approximate surface area is 78.4 Å². The Morgan fingerprint density at radius 3 is 2.29 bits per heavy atom. The lowest BCUT2D eigenvalue weighted by Crippen LogP contribution is -2.48. The Bertz CT molecular complexity index is 308. The van der Waals surface area contributed by atoms with Gasteiger partial charge in [-0.1, -0.05) is 12.2 Å². The largest absolute Gasteiger partial charge is 0.481 e. The number of hydrogen-bond acceptors (Lipinski definition) is 1. The first-order valence-corrected chi connectivity index (χ1v) is 4.36. The van der Waals surface area contributed by atoms with E-state index in [-0.39, 0.29) is 12.3 Å². The normalized spacial score (nSPS) is 40.5. The van der Waals surface area contributed by atoms with E-state index in [2.05, 4.69) is 0 Å². The van der Waals surface area contributed by atoms with Gasteiger partial charge in [-0.25, -0.2) is 0 Å². The summed E-state index contributed by atoms with van der Waals surface area (Å²) in [5, 5.41) is 8.77. The van der Waals surface area contributed by atoms with E-state index in [0.29, 0.717) is 6.42 Å². The van der Waals surface area contributed by atoms with E-state index in [1.165, 1.54) is 6.08 Å². The molecule has 2 aliphatic carbocycles. The van der Waals surface area contributed by atoms with Gasteiger partial charge >= 0.3 is 12.1 Å². The number of allylic oxidation sites excluding steroid dienone is 2. The van der Waals surface area contributed by atoms with Gasteiger partial charge in [0.25, 0.3) is 0 Å². The minimum absolute atomic E-state index is 0.210. The first-order chi connectivity index (χ1) is 6.38. The number of rotatable bonds is 1. The van der Waals surface area contributed by atoms with Crippen molar-refractivity contribution in [3.8, 4) is 0 Å². The summed E-state index contributed by atoms with van der Waals surface area (Å²) in [5.41, 5.74) is -2.52. The first-order valence-electron chi connectivity index (χ1n) is 4.36. The molecular weight excluding hydrogens is 197 g/mol. The van der Waals surface area contributed by atoms with Gasteiger partial charge in [-0.3, -0.25) is 4.79 Å². The van der Waals surface area contributed by atoms with Gasteiger partial charge in [0.15, 0.2) is 5.41 Å². The summed E-state index contributed by atoms with van der Waals surface area (Å²) < 4.78 is 38.1. The van der Waals surface area contributed by atoms with Crippen LogP contribution in [0.4, 0.5) is 13.2 Å². The molecule has 0 amide bonds. The third-order valence-electron chi connectivity index (χ3n) is 3.28. The summed E-state index contributed by atoms with van der Waals surface area (Å²) in [4.78, 5) is 10.8. The van der Waals surface area contributed by atoms with Crippen molar-refractivity contribution in [2.45, 2.75) is 19.0 Å². The molecule has 1 fully saturated rings. The molecule has 2 nitrogen and oxygen atoms in total. The van der Waals surface area contributed by atoms with Crippen molar-refractivity contribution in [3.05, 3.63) is 12.2 Å². The quantitative estimate of drug-likeness (QED) is 0.668. The molecule has 14 heavy (non-hydrogen) atoms. The second kappa shape index (κ2) is 2.52. The van der Waals surface area contributed by atoms with Crippen molar-refractivity contribution in [3.63, 3.8) is 0 Å². The second-order valence-electron chi connectivity index (χ2n) is 3.97. The van der Waals surface area contributed by atoms with Crippen molar-refractivity contribution in [1.29, 1.82) is 0 Å². The predicted molar refractivity (Wildman–Crippen MR) is 41.5 cm³/mol. The summed E-state index contributed by atoms with van der Waals surface area (Å²) in [6.07, 6.45) is -1.53. The van der Waals surface area contributed by atoms with Gasteiger partial charge in [0.1, 0.15) is 0 Å². The van der Waals surface area contributed by atoms with Crippen LogP contribution in [-0.2, 0) is 4.79 Å². The number of fused-ring (bicyclic) bond motifs is 2. The van der Waals surface area contributed by atoms with E-state index in [4.69, 9.17) is 5.11 Å². The van der Waals surface area contributed by atoms with Crippen molar-refractivity contribution >= 4 is 5.97 Å². The zero-order valence-corrected chi connectivity index (χ0v) is 7.21. The number of carboxylic acids is 1. The average Bonchev–Trinajstić information content (AvgIpc) is 2.59. The highest BCUT2D eigenvalue weighted by Gasteiger charge is 2.68. The van der Waals surface area contributed by atoms with E-state index < -0.39 is 23.5 Å². The summed E-state index contributed by atoms with van der Waals surface area (Å²) in [6, 6.07) is 0. The molecule has 0 aliphatic heterocycles. The summed E-state index contributed by atoms with van der Waals surface area (Å²) >= 11 is 0. The zero-order valence-electron chi connectivity index (χ0n) is 7.21. The van der Waals surface area contributed by atoms with Crippen LogP contribution in [0, 0.1) is 17.3 Å². The Morgan fingerprint density at radius 1 is 1.43 bits per heavy atom. The van der Waals surface area contributed by atoms with Gasteiger partial charge in [0.05, 0.1) is 0 Å². The van der Waals surface area contributed by atoms with E-state index in [0.717, 1.165) is 0 Å². The Morgan fingerprint density at radius 2 is 2.07 bits per heavy atom. The number of hydrogen-bond donors (Lipinski definition) is 1. The number of carbonyl (C=O) groups is 1. The molecule has 0 saturated heterocycles. The first kappa shape index (κ1) is 9.55. The number of aliphatic carboxylic acids is 1. The maximum absolute atomic E-state index is 12.7. The molecule has 2 rings (SSSR count). The molecule has 5 heteroatoms. The number of halogens is 3. The average molecular weight is 206 g/mol. The van der Waals surface area contributed by atoms with Gasteiger partial charge in [0.2, 0.25) is 0 Å². The molecule has 2 aliphatic rings. The molecular formula is C9H9F3O2. The monoisotopic (exact) mass is 206 g/mol. The third kappa shape index (κ3) is 0.952. The summed E-state index contributed by atoms with van der Waals surface area (Å²) in [7, 11) is 0. The molecule has 78 valence electrons. The van der Waals surface area contributed by atoms with Crippen molar-refractivity contribution in [2.75, 3.05) is 0 Å².